The van der Waals surface area contributed by atoms with Crippen molar-refractivity contribution < 1.29 is 18.3 Å². The Kier molecular flexibility index (Phi) is 4.14. The number of rotatable bonds is 5. The summed E-state index contributed by atoms with van der Waals surface area (Å²) in [6.45, 7) is 1.19. The molecule has 2 N–H and O–H groups in total. The molecule has 2 aromatic heterocycles. The number of hydrogen-bond acceptors (Lipinski definition) is 5. The molecule has 0 amide bonds. The molecule has 10 heteroatoms. The number of sulfonamides is 1. The van der Waals surface area contributed by atoms with E-state index in [1.807, 2.05) is 0 Å². The monoisotopic (exact) mass is 330 g/mol. The highest BCUT2D eigenvalue weighted by molar-refractivity contribution is 7.92. The van der Waals surface area contributed by atoms with E-state index in [2.05, 4.69) is 14.8 Å². The highest BCUT2D eigenvalue weighted by Gasteiger charge is 2.18. The molecule has 0 aliphatic heterocycles. The summed E-state index contributed by atoms with van der Waals surface area (Å²) in [4.78, 5) is 14.3. The van der Waals surface area contributed by atoms with Crippen molar-refractivity contribution in [2.75, 3.05) is 4.72 Å². The molecule has 21 heavy (non-hydrogen) atoms. The number of anilines is 1. The maximum Gasteiger partial charge on any atom is 0.325 e. The van der Waals surface area contributed by atoms with Crippen molar-refractivity contribution in [1.29, 1.82) is 0 Å². The summed E-state index contributed by atoms with van der Waals surface area (Å²) in [5.41, 5.74) is 0.703. The highest BCUT2D eigenvalue weighted by atomic mass is 35.5. The second kappa shape index (κ2) is 5.70. The molecule has 0 bridgehead atoms. The van der Waals surface area contributed by atoms with Gasteiger partial charge in [0.2, 0.25) is 0 Å². The fraction of sp³-hybridized carbons (Fsp3) is 0.182. The minimum atomic E-state index is -3.87. The fourth-order valence-electron chi connectivity index (χ4n) is 1.55. The second-order valence-corrected chi connectivity index (χ2v) is 6.21. The zero-order valence-corrected chi connectivity index (χ0v) is 12.4. The Bertz CT molecular complexity index is 787. The molecule has 2 rings (SSSR count). The average molecular weight is 331 g/mol. The summed E-state index contributed by atoms with van der Waals surface area (Å²) in [6.07, 6.45) is 2.21. The van der Waals surface area contributed by atoms with Crippen LogP contribution in [0.4, 0.5) is 5.69 Å². The lowest BCUT2D eigenvalue weighted by molar-refractivity contribution is -0.137. The number of aryl methyl sites for hydroxylation is 1. The van der Waals surface area contributed by atoms with Crippen LogP contribution in [0.25, 0.3) is 0 Å². The van der Waals surface area contributed by atoms with Gasteiger partial charge in [-0.05, 0) is 19.1 Å². The van der Waals surface area contributed by atoms with Gasteiger partial charge in [0.05, 0.1) is 17.6 Å². The van der Waals surface area contributed by atoms with Crippen LogP contribution in [0.15, 0.2) is 29.4 Å². The van der Waals surface area contributed by atoms with Gasteiger partial charge in [-0.25, -0.2) is 13.4 Å². The number of aliphatic carboxylic acids is 1. The molecule has 0 fully saturated rings. The molecular formula is C11H11ClN4O4S. The van der Waals surface area contributed by atoms with Gasteiger partial charge in [0, 0.05) is 6.20 Å². The largest absolute Gasteiger partial charge is 0.480 e. The summed E-state index contributed by atoms with van der Waals surface area (Å²) >= 11 is 5.70. The van der Waals surface area contributed by atoms with Gasteiger partial charge in [-0.3, -0.25) is 14.2 Å². The van der Waals surface area contributed by atoms with Gasteiger partial charge < -0.3 is 5.11 Å². The molecule has 0 aromatic carbocycles. The number of carbonyl (C=O) groups is 1. The molecule has 0 aliphatic carbocycles. The summed E-state index contributed by atoms with van der Waals surface area (Å²) in [7, 11) is -3.87. The molecule has 2 aromatic rings. The van der Waals surface area contributed by atoms with Crippen LogP contribution in [-0.2, 0) is 21.4 Å². The normalized spacial score (nSPS) is 11.3. The average Bonchev–Trinajstić information content (AvgIpc) is 2.81. The summed E-state index contributed by atoms with van der Waals surface area (Å²) in [6, 6.07) is 2.95. The molecule has 0 unspecified atom stereocenters. The first-order chi connectivity index (χ1) is 9.78. The topological polar surface area (TPSA) is 114 Å². The molecule has 0 saturated heterocycles. The quantitative estimate of drug-likeness (QED) is 0.794. The van der Waals surface area contributed by atoms with Gasteiger partial charge in [-0.1, -0.05) is 11.6 Å². The van der Waals surface area contributed by atoms with Crippen LogP contribution in [0.1, 0.15) is 5.69 Å². The van der Waals surface area contributed by atoms with Gasteiger partial charge in [-0.15, -0.1) is 0 Å². The first-order valence-corrected chi connectivity index (χ1v) is 7.54. The van der Waals surface area contributed by atoms with E-state index in [0.29, 0.717) is 5.69 Å². The first kappa shape index (κ1) is 15.3. The number of pyridine rings is 1. The fourth-order valence-corrected chi connectivity index (χ4v) is 2.81. The molecule has 0 spiro atoms. The third-order valence-electron chi connectivity index (χ3n) is 2.51. The third kappa shape index (κ3) is 3.70. The van der Waals surface area contributed by atoms with Crippen LogP contribution >= 0.6 is 11.6 Å². The van der Waals surface area contributed by atoms with Crippen LogP contribution in [0.3, 0.4) is 0 Å². The van der Waals surface area contributed by atoms with Gasteiger partial charge in [0.25, 0.3) is 10.0 Å². The van der Waals surface area contributed by atoms with E-state index in [1.54, 1.807) is 6.92 Å². The molecule has 8 nitrogen and oxygen atoms in total. The number of nitrogens with zero attached hydrogens (tertiary/aromatic N) is 3. The van der Waals surface area contributed by atoms with Crippen molar-refractivity contribution in [3.63, 3.8) is 0 Å². The van der Waals surface area contributed by atoms with E-state index in [1.165, 1.54) is 12.1 Å². The lowest BCUT2D eigenvalue weighted by atomic mass is 10.3. The Morgan fingerprint density at radius 3 is 2.81 bits per heavy atom. The van der Waals surface area contributed by atoms with Crippen LogP contribution in [0.5, 0.6) is 0 Å². The van der Waals surface area contributed by atoms with Crippen molar-refractivity contribution in [3.05, 3.63) is 35.4 Å². The molecule has 0 aliphatic rings. The number of aromatic nitrogens is 3. The Morgan fingerprint density at radius 2 is 2.19 bits per heavy atom. The van der Waals surface area contributed by atoms with Crippen molar-refractivity contribution in [3.8, 4) is 0 Å². The van der Waals surface area contributed by atoms with Crippen molar-refractivity contribution >= 4 is 33.3 Å². The predicted molar refractivity (Wildman–Crippen MR) is 74.7 cm³/mol. The van der Waals surface area contributed by atoms with E-state index < -0.39 is 22.5 Å². The minimum Gasteiger partial charge on any atom is -0.480 e. The molecule has 0 radical (unpaired) electrons. The first-order valence-electron chi connectivity index (χ1n) is 5.68. The van der Waals surface area contributed by atoms with E-state index in [0.717, 1.165) is 17.1 Å². The van der Waals surface area contributed by atoms with Crippen LogP contribution < -0.4 is 4.72 Å². The Morgan fingerprint density at radius 1 is 1.48 bits per heavy atom. The Labute approximate surface area is 125 Å². The van der Waals surface area contributed by atoms with Crippen LogP contribution in [0.2, 0.25) is 5.15 Å². The highest BCUT2D eigenvalue weighted by Crippen LogP contribution is 2.19. The van der Waals surface area contributed by atoms with E-state index in [9.17, 15) is 13.2 Å². The third-order valence-corrected chi connectivity index (χ3v) is 4.04. The number of carboxylic acid groups (broad SMARTS) is 1. The lowest BCUT2D eigenvalue weighted by Crippen LogP contribution is -2.14. The summed E-state index contributed by atoms with van der Waals surface area (Å²) < 4.78 is 27.7. The van der Waals surface area contributed by atoms with Crippen LogP contribution in [0, 0.1) is 6.92 Å². The lowest BCUT2D eigenvalue weighted by Gasteiger charge is -2.08. The van der Waals surface area contributed by atoms with Gasteiger partial charge in [-0.2, -0.15) is 5.10 Å². The number of carboxylic acids is 1. The molecule has 2 heterocycles. The number of halogens is 1. The number of hydrogen-bond donors (Lipinski definition) is 2. The number of nitrogens with one attached hydrogen (secondary N) is 1. The van der Waals surface area contributed by atoms with Crippen molar-refractivity contribution in [2.24, 2.45) is 0 Å². The molecule has 112 valence electrons. The van der Waals surface area contributed by atoms with E-state index in [-0.39, 0.29) is 15.7 Å². The van der Waals surface area contributed by atoms with Crippen LogP contribution in [-0.4, -0.2) is 34.3 Å². The Balaban J connectivity index is 2.25. The van der Waals surface area contributed by atoms with Crippen molar-refractivity contribution in [2.45, 2.75) is 18.4 Å². The Hall–Kier alpha value is -2.13. The standard InChI is InChI=1S/C11H11ClN4O4S/c1-7-9(2-3-10(12)14-7)15-21(19,20)8-4-13-16(5-8)6-11(17)18/h2-5,15H,6H2,1H3,(H,17,18). The predicted octanol–water partition coefficient (Wildman–Crippen LogP) is 1.13. The zero-order valence-electron chi connectivity index (χ0n) is 10.8. The maximum absolute atomic E-state index is 12.2. The summed E-state index contributed by atoms with van der Waals surface area (Å²) in [5.74, 6) is -1.12. The molecular weight excluding hydrogens is 320 g/mol. The molecule has 0 atom stereocenters. The van der Waals surface area contributed by atoms with Gasteiger partial charge >= 0.3 is 5.97 Å². The van der Waals surface area contributed by atoms with Crippen molar-refractivity contribution in [1.82, 2.24) is 14.8 Å². The molecule has 0 saturated carbocycles. The van der Waals surface area contributed by atoms with E-state index in [4.69, 9.17) is 16.7 Å². The maximum atomic E-state index is 12.2. The summed E-state index contributed by atoms with van der Waals surface area (Å²) in [5, 5.41) is 12.6. The van der Waals surface area contributed by atoms with E-state index >= 15 is 0 Å². The second-order valence-electron chi connectivity index (χ2n) is 4.14. The van der Waals surface area contributed by atoms with Gasteiger partial charge in [0.1, 0.15) is 16.6 Å². The smallest absolute Gasteiger partial charge is 0.325 e. The minimum absolute atomic E-state index is 0.141. The zero-order chi connectivity index (χ0) is 15.6. The SMILES string of the molecule is Cc1nc(Cl)ccc1NS(=O)(=O)c1cnn(CC(=O)O)c1. The van der Waals surface area contributed by atoms with Gasteiger partial charge in [0.15, 0.2) is 0 Å².